The Kier molecular flexibility index (Phi) is 5.41. The summed E-state index contributed by atoms with van der Waals surface area (Å²) in [4.78, 5) is 11.5. The number of sulfone groups is 1. The van der Waals surface area contributed by atoms with E-state index in [4.69, 9.17) is 5.11 Å². The van der Waals surface area contributed by atoms with Gasteiger partial charge in [0.1, 0.15) is 0 Å². The molecule has 0 heterocycles. The van der Waals surface area contributed by atoms with Gasteiger partial charge in [0.05, 0.1) is 16.2 Å². The third kappa shape index (κ3) is 4.25. The lowest BCUT2D eigenvalue weighted by molar-refractivity contribution is 0.0696. The summed E-state index contributed by atoms with van der Waals surface area (Å²) in [7, 11) is -3.44. The van der Waals surface area contributed by atoms with Crippen molar-refractivity contribution in [1.82, 2.24) is 0 Å². The summed E-state index contributed by atoms with van der Waals surface area (Å²) in [5.74, 6) is -0.977. The van der Waals surface area contributed by atoms with Crippen LogP contribution < -0.4 is 0 Å². The lowest BCUT2D eigenvalue weighted by Crippen LogP contribution is -2.34. The van der Waals surface area contributed by atoms with Gasteiger partial charge >= 0.3 is 5.97 Å². The lowest BCUT2D eigenvalue weighted by atomic mass is 9.63. The molecule has 156 valence electrons. The first-order valence-electron chi connectivity index (χ1n) is 10.0. The van der Waals surface area contributed by atoms with Gasteiger partial charge in [-0.15, -0.1) is 0 Å². The van der Waals surface area contributed by atoms with Crippen molar-refractivity contribution < 1.29 is 18.3 Å². The second kappa shape index (κ2) is 7.28. The summed E-state index contributed by atoms with van der Waals surface area (Å²) in [6, 6.07) is 10.5. The number of hydrogen-bond donors (Lipinski definition) is 1. The molecule has 0 aliphatic heterocycles. The van der Waals surface area contributed by atoms with Gasteiger partial charge in [0.15, 0.2) is 9.84 Å². The highest BCUT2D eigenvalue weighted by Gasteiger charge is 2.37. The predicted molar refractivity (Wildman–Crippen MR) is 116 cm³/mol. The van der Waals surface area contributed by atoms with Gasteiger partial charge in [-0.25, -0.2) is 13.2 Å². The number of carbonyl (C=O) groups is 1. The van der Waals surface area contributed by atoms with Crippen LogP contribution in [0.15, 0.2) is 41.3 Å². The van der Waals surface area contributed by atoms with E-state index in [1.807, 2.05) is 19.1 Å². The van der Waals surface area contributed by atoms with Crippen molar-refractivity contribution in [2.45, 2.75) is 69.6 Å². The predicted octanol–water partition coefficient (Wildman–Crippen LogP) is 5.06. The smallest absolute Gasteiger partial charge is 0.335 e. The molecule has 1 aliphatic rings. The Morgan fingerprint density at radius 3 is 2.17 bits per heavy atom. The second-order valence-electron chi connectivity index (χ2n) is 9.49. The molecule has 0 spiro atoms. The van der Waals surface area contributed by atoms with Crippen molar-refractivity contribution in [3.8, 4) is 0 Å². The van der Waals surface area contributed by atoms with Gasteiger partial charge in [-0.1, -0.05) is 39.8 Å². The maximum absolute atomic E-state index is 13.1. The Labute approximate surface area is 173 Å². The zero-order valence-corrected chi connectivity index (χ0v) is 18.7. The number of carboxylic acid groups (broad SMARTS) is 1. The van der Waals surface area contributed by atoms with Crippen LogP contribution in [0.4, 0.5) is 0 Å². The molecule has 2 aromatic carbocycles. The quantitative estimate of drug-likeness (QED) is 0.742. The molecule has 0 atom stereocenters. The minimum absolute atomic E-state index is 0.00284. The fourth-order valence-electron chi connectivity index (χ4n) is 4.23. The molecule has 29 heavy (non-hydrogen) atoms. The molecule has 0 unspecified atom stereocenters. The molecule has 2 aromatic rings. The number of hydrogen-bond acceptors (Lipinski definition) is 3. The van der Waals surface area contributed by atoms with Crippen molar-refractivity contribution in [2.75, 3.05) is 5.75 Å². The van der Waals surface area contributed by atoms with Crippen LogP contribution in [0.25, 0.3) is 0 Å². The van der Waals surface area contributed by atoms with Gasteiger partial charge in [-0.3, -0.25) is 0 Å². The molecule has 1 aliphatic carbocycles. The topological polar surface area (TPSA) is 71.4 Å². The van der Waals surface area contributed by atoms with E-state index in [-0.39, 0.29) is 22.1 Å². The zero-order valence-electron chi connectivity index (χ0n) is 17.9. The van der Waals surface area contributed by atoms with Gasteiger partial charge < -0.3 is 5.11 Å². The third-order valence-corrected chi connectivity index (χ3v) is 8.13. The fourth-order valence-corrected chi connectivity index (χ4v) is 5.53. The zero-order chi connectivity index (χ0) is 21.6. The Hall–Kier alpha value is -2.14. The van der Waals surface area contributed by atoms with Crippen LogP contribution in [-0.2, 0) is 27.1 Å². The van der Waals surface area contributed by atoms with E-state index in [0.717, 1.165) is 29.5 Å². The molecule has 0 radical (unpaired) electrons. The molecule has 0 bridgehead atoms. The summed E-state index contributed by atoms with van der Waals surface area (Å²) >= 11 is 0. The summed E-state index contributed by atoms with van der Waals surface area (Å²) in [6.45, 7) is 10.6. The highest BCUT2D eigenvalue weighted by atomic mass is 32.2. The number of benzene rings is 2. The normalized spacial score (nSPS) is 17.6. The molecule has 0 saturated carbocycles. The third-order valence-electron chi connectivity index (χ3n) is 6.41. The van der Waals surface area contributed by atoms with Crippen LogP contribution >= 0.6 is 0 Å². The van der Waals surface area contributed by atoms with Gasteiger partial charge in [0.25, 0.3) is 0 Å². The summed E-state index contributed by atoms with van der Waals surface area (Å²) in [5.41, 5.74) is 4.26. The van der Waals surface area contributed by atoms with Crippen LogP contribution in [0.1, 0.15) is 73.1 Å². The Morgan fingerprint density at radius 2 is 1.59 bits per heavy atom. The van der Waals surface area contributed by atoms with E-state index < -0.39 is 15.8 Å². The first-order valence-corrected chi connectivity index (χ1v) is 11.7. The van der Waals surface area contributed by atoms with Gasteiger partial charge in [0.2, 0.25) is 0 Å². The van der Waals surface area contributed by atoms with E-state index in [2.05, 4.69) is 27.7 Å². The fraction of sp³-hybridized carbons (Fsp3) is 0.458. The van der Waals surface area contributed by atoms with Crippen molar-refractivity contribution in [3.05, 3.63) is 64.2 Å². The van der Waals surface area contributed by atoms with Crippen LogP contribution in [0.2, 0.25) is 0 Å². The monoisotopic (exact) mass is 414 g/mol. The molecule has 0 saturated heterocycles. The van der Waals surface area contributed by atoms with Crippen LogP contribution in [0.3, 0.4) is 0 Å². The standard InChI is InChI=1S/C24H30O4S/c1-16-14-18(22(25)26)7-6-17(16)10-13-29(27,28)19-8-9-20-21(15-19)24(4,5)12-11-23(20,2)3/h6-9,14-15H,10-13H2,1-5H3,(H,25,26). The van der Waals surface area contributed by atoms with Gasteiger partial charge in [0, 0.05) is 0 Å². The second-order valence-corrected chi connectivity index (χ2v) is 11.6. The van der Waals surface area contributed by atoms with Crippen LogP contribution in [0, 0.1) is 6.92 Å². The molecule has 0 fully saturated rings. The summed E-state index contributed by atoms with van der Waals surface area (Å²) < 4.78 is 26.1. The van der Waals surface area contributed by atoms with E-state index >= 15 is 0 Å². The first kappa shape index (κ1) is 21.6. The van der Waals surface area contributed by atoms with E-state index in [1.165, 1.54) is 11.6 Å². The highest BCUT2D eigenvalue weighted by molar-refractivity contribution is 7.91. The number of rotatable bonds is 5. The van der Waals surface area contributed by atoms with E-state index in [0.29, 0.717) is 11.3 Å². The molecule has 5 heteroatoms. The average molecular weight is 415 g/mol. The van der Waals surface area contributed by atoms with Crippen molar-refractivity contribution in [2.24, 2.45) is 0 Å². The largest absolute Gasteiger partial charge is 0.478 e. The Bertz CT molecular complexity index is 1060. The summed E-state index contributed by atoms with van der Waals surface area (Å²) in [6.07, 6.45) is 2.48. The number of carboxylic acids is 1. The Balaban J connectivity index is 1.88. The Morgan fingerprint density at radius 1 is 0.966 bits per heavy atom. The molecular formula is C24H30O4S. The number of aryl methyl sites for hydroxylation is 2. The van der Waals surface area contributed by atoms with Gasteiger partial charge in [-0.2, -0.15) is 0 Å². The van der Waals surface area contributed by atoms with Crippen molar-refractivity contribution in [1.29, 1.82) is 0 Å². The molecule has 0 amide bonds. The van der Waals surface area contributed by atoms with Crippen LogP contribution in [0.5, 0.6) is 0 Å². The minimum atomic E-state index is -3.44. The number of fused-ring (bicyclic) bond motifs is 1. The lowest BCUT2D eigenvalue weighted by Gasteiger charge is -2.42. The molecule has 4 nitrogen and oxygen atoms in total. The molecule has 0 aromatic heterocycles. The average Bonchev–Trinajstić information content (AvgIpc) is 2.64. The molecule has 1 N–H and O–H groups in total. The first-order chi connectivity index (χ1) is 13.3. The van der Waals surface area contributed by atoms with E-state index in [1.54, 1.807) is 18.2 Å². The summed E-state index contributed by atoms with van der Waals surface area (Å²) in [5, 5.41) is 9.09. The van der Waals surface area contributed by atoms with Gasteiger partial charge in [-0.05, 0) is 83.5 Å². The molecule has 3 rings (SSSR count). The highest BCUT2D eigenvalue weighted by Crippen LogP contribution is 2.46. The van der Waals surface area contributed by atoms with E-state index in [9.17, 15) is 13.2 Å². The molecular weight excluding hydrogens is 384 g/mol. The number of aromatic carboxylic acids is 1. The van der Waals surface area contributed by atoms with Crippen molar-refractivity contribution >= 4 is 15.8 Å². The maximum Gasteiger partial charge on any atom is 0.335 e. The minimum Gasteiger partial charge on any atom is -0.478 e. The maximum atomic E-state index is 13.1. The SMILES string of the molecule is Cc1cc(C(=O)O)ccc1CCS(=O)(=O)c1ccc2c(c1)C(C)(C)CCC2(C)C. The van der Waals surface area contributed by atoms with Crippen molar-refractivity contribution in [3.63, 3.8) is 0 Å². The van der Waals surface area contributed by atoms with Crippen LogP contribution in [-0.4, -0.2) is 25.2 Å².